The number of hydrogen-bond acceptors (Lipinski definition) is 12. The van der Waals surface area contributed by atoms with Crippen molar-refractivity contribution in [3.05, 3.63) is 195 Å². The summed E-state index contributed by atoms with van der Waals surface area (Å²) in [5.74, 6) is 4.81. The Hall–Kier alpha value is -6.97. The maximum atomic E-state index is 15.4. The van der Waals surface area contributed by atoms with Gasteiger partial charge in [0.2, 0.25) is 5.91 Å². The van der Waals surface area contributed by atoms with Gasteiger partial charge >= 0.3 is 0 Å². The lowest BCUT2D eigenvalue weighted by atomic mass is 9.52. The number of nitrogens with zero attached hydrogens (tertiary/aromatic N) is 1. The first-order valence-corrected chi connectivity index (χ1v) is 34.3. The molecule has 93 heavy (non-hydrogen) atoms. The predicted molar refractivity (Wildman–Crippen MR) is 368 cm³/mol. The van der Waals surface area contributed by atoms with E-state index >= 15 is 4.79 Å². The molecule has 4 aromatic carbocycles. The van der Waals surface area contributed by atoms with Gasteiger partial charge in [-0.1, -0.05) is 158 Å². The van der Waals surface area contributed by atoms with Gasteiger partial charge in [0, 0.05) is 49.2 Å². The number of fused-ring (bicyclic) bond motifs is 4. The van der Waals surface area contributed by atoms with E-state index in [-0.39, 0.29) is 56.3 Å². The van der Waals surface area contributed by atoms with E-state index in [1.807, 2.05) is 62.4 Å². The molecular weight excluding hydrogens is 1160 g/mol. The number of phenols is 1. The number of aliphatic hydroxyl groups excluding tert-OH is 3. The standard InChI is InChI=1S/C78H101N7O8/c1-50-16-12-27-59(49-93-41-11-10-19-53(23-13-22-52-17-6-4-7-18-52)29-36-68(50)82-46-54-20-8-5-9-21-54)63-38-40-78(73(63)90)67-35-34-61(87)43-55-24-14-25-56(42-55)44-65(66(47-84-76(80)81)57-30-32-60(86)33-31-57)70(89)48-83-72-71-58(26-15-28-64(71)74(79)85-75(72)91)45-69(88)51(2)62(67)37-39-77(78,3)92/h4,6-7,12,14-18,24-33,42,54,61,63,65-68,70,72-74,82-83,86-87,89-90,92H,1,5,8-9,13,19-23,34-41,43-49,79H2,2-3H3,(H,85,91)(H4,80,81,84). The van der Waals surface area contributed by atoms with E-state index < -0.39 is 71.1 Å². The fourth-order valence-corrected chi connectivity index (χ4v) is 16.5. The number of amides is 1. The van der Waals surface area contributed by atoms with Crippen molar-refractivity contribution < 1.29 is 39.9 Å². The topological polar surface area (TPSA) is 271 Å². The van der Waals surface area contributed by atoms with E-state index in [1.165, 1.54) is 43.2 Å². The second kappa shape index (κ2) is 32.0. The summed E-state index contributed by atoms with van der Waals surface area (Å²) in [6.07, 6.45) is 18.4. The maximum absolute atomic E-state index is 15.4. The van der Waals surface area contributed by atoms with Crippen molar-refractivity contribution >= 4 is 17.6 Å². The van der Waals surface area contributed by atoms with Crippen molar-refractivity contribution in [1.82, 2.24) is 16.0 Å². The van der Waals surface area contributed by atoms with Crippen molar-refractivity contribution in [2.45, 2.75) is 184 Å². The molecule has 3 aliphatic carbocycles. The Morgan fingerprint density at radius 3 is 2.43 bits per heavy atom. The quantitative estimate of drug-likeness (QED) is 0.0273. The van der Waals surface area contributed by atoms with Crippen molar-refractivity contribution in [2.75, 3.05) is 32.8 Å². The molecule has 15 heteroatoms. The summed E-state index contributed by atoms with van der Waals surface area (Å²) < 4.78 is 6.45. The monoisotopic (exact) mass is 1260 g/mol. The number of ether oxygens (including phenoxy) is 1. The number of benzene rings is 4. The molecule has 496 valence electrons. The van der Waals surface area contributed by atoms with E-state index in [9.17, 15) is 30.3 Å². The second-order valence-electron chi connectivity index (χ2n) is 27.7. The number of ketones is 1. The first-order chi connectivity index (χ1) is 44.9. The number of guanidine groups is 1. The van der Waals surface area contributed by atoms with Crippen LogP contribution in [0.5, 0.6) is 5.75 Å². The fraction of sp³-hybridized carbons (Fsp3) is 0.500. The minimum Gasteiger partial charge on any atom is -0.508 e. The molecule has 0 aromatic heterocycles. The zero-order valence-electron chi connectivity index (χ0n) is 54.7. The molecule has 12 atom stereocenters. The van der Waals surface area contributed by atoms with E-state index in [0.717, 1.165) is 65.6 Å². The van der Waals surface area contributed by atoms with Crippen molar-refractivity contribution in [2.24, 2.45) is 51.3 Å². The largest absolute Gasteiger partial charge is 0.508 e. The summed E-state index contributed by atoms with van der Waals surface area (Å²) in [6.45, 7) is 9.79. The first-order valence-electron chi connectivity index (χ1n) is 34.3. The molecule has 3 fully saturated rings. The molecule has 0 saturated heterocycles. The van der Waals surface area contributed by atoms with Gasteiger partial charge in [-0.05, 0) is 196 Å². The van der Waals surface area contributed by atoms with E-state index in [2.05, 4.69) is 87.9 Å². The Kier molecular flexibility index (Phi) is 23.7. The van der Waals surface area contributed by atoms with Crippen LogP contribution in [-0.4, -0.2) is 106 Å². The van der Waals surface area contributed by atoms with E-state index in [4.69, 9.17) is 21.9 Å². The predicted octanol–water partition coefficient (Wildman–Crippen LogP) is 9.77. The van der Waals surface area contributed by atoms with Crippen molar-refractivity contribution in [1.29, 1.82) is 0 Å². The molecule has 12 unspecified atom stereocenters. The Morgan fingerprint density at radius 1 is 0.892 bits per heavy atom. The first kappa shape index (κ1) is 68.9. The summed E-state index contributed by atoms with van der Waals surface area (Å²) in [5, 5.41) is 72.1. The summed E-state index contributed by atoms with van der Waals surface area (Å²) >= 11 is 0. The lowest BCUT2D eigenvalue weighted by Crippen LogP contribution is -2.59. The Labute approximate surface area is 551 Å². The summed E-state index contributed by atoms with van der Waals surface area (Å²) in [4.78, 5) is 34.1. The highest BCUT2D eigenvalue weighted by atomic mass is 16.5. The highest BCUT2D eigenvalue weighted by Gasteiger charge is 2.64. The molecule has 4 aromatic rings. The molecule has 2 bridgehead atoms. The summed E-state index contributed by atoms with van der Waals surface area (Å²) in [7, 11) is 0. The van der Waals surface area contributed by atoms with Gasteiger partial charge in [0.25, 0.3) is 0 Å². The highest BCUT2D eigenvalue weighted by Crippen LogP contribution is 2.63. The molecule has 1 amide bonds. The van der Waals surface area contributed by atoms with Gasteiger partial charge in [-0.2, -0.15) is 0 Å². The minimum absolute atomic E-state index is 0.0141. The van der Waals surface area contributed by atoms with Gasteiger partial charge in [0.1, 0.15) is 24.6 Å². The summed E-state index contributed by atoms with van der Waals surface area (Å²) in [6, 6.07) is 29.9. The second-order valence-corrected chi connectivity index (χ2v) is 27.7. The molecule has 10 rings (SSSR count). The zero-order valence-corrected chi connectivity index (χ0v) is 54.7. The number of hydrogen-bond donors (Lipinski definition) is 11. The molecule has 14 N–H and O–H groups in total. The molecule has 6 aliphatic rings. The van der Waals surface area contributed by atoms with Crippen LogP contribution in [0.25, 0.3) is 0 Å². The molecule has 3 heterocycles. The number of aromatic hydroxyl groups is 1. The number of nitrogens with one attached hydrogen (secondary N) is 3. The molecule has 3 aliphatic heterocycles. The van der Waals surface area contributed by atoms with Crippen LogP contribution < -0.4 is 33.2 Å². The molecule has 15 nitrogen and oxygen atoms in total. The van der Waals surface area contributed by atoms with Gasteiger partial charge in [-0.3, -0.25) is 19.9 Å². The Bertz CT molecular complexity index is 3460. The smallest absolute Gasteiger partial charge is 0.243 e. The lowest BCUT2D eigenvalue weighted by Gasteiger charge is -2.56. The number of nitrogens with two attached hydrogens (primary N) is 3. The van der Waals surface area contributed by atoms with Crippen LogP contribution in [-0.2, 0) is 40.0 Å². The zero-order chi connectivity index (χ0) is 65.7. The Morgan fingerprint density at radius 2 is 1.66 bits per heavy atom. The van der Waals surface area contributed by atoms with Crippen LogP contribution in [0.2, 0.25) is 0 Å². The van der Waals surface area contributed by atoms with Crippen LogP contribution in [0.3, 0.4) is 0 Å². The normalized spacial score (nSPS) is 29.2. The number of Topliss-reactive ketones (excluding diaryl/α,β-unsaturated/α-hetero) is 1. The summed E-state index contributed by atoms with van der Waals surface area (Å²) in [5.41, 5.74) is 26.3. The fourth-order valence-electron chi connectivity index (χ4n) is 16.5. The number of carbonyl (C=O) groups is 2. The molecule has 1 spiro atoms. The van der Waals surface area contributed by atoms with E-state index in [1.54, 1.807) is 24.3 Å². The van der Waals surface area contributed by atoms with Crippen LogP contribution in [0.1, 0.15) is 167 Å². The third kappa shape index (κ3) is 16.9. The van der Waals surface area contributed by atoms with Crippen LogP contribution in [0, 0.1) is 40.9 Å². The van der Waals surface area contributed by atoms with Crippen LogP contribution in [0.15, 0.2) is 161 Å². The van der Waals surface area contributed by atoms with Crippen LogP contribution >= 0.6 is 0 Å². The number of rotatable bonds is 12. The third-order valence-electron chi connectivity index (χ3n) is 21.7. The number of aryl methyl sites for hydroxylation is 1. The minimum atomic E-state index is -1.38. The molecule has 0 radical (unpaired) electrons. The number of aliphatic imine (C=N–C) groups is 1. The van der Waals surface area contributed by atoms with Gasteiger partial charge in [0.05, 0.1) is 30.5 Å². The maximum Gasteiger partial charge on any atom is 0.243 e. The SMILES string of the molecule is C=C1C=CC=C(C2CCC3(C4CCC(O)Cc5cccc(c5)CC(C(CN=C(N)N)c5ccc(O)cc5)C(O)CNC5C(=O)NC(N)c6cccc(c65)CC(=O)C(C)=C4CCC3(C)O)C2O)COCC#CCC(CCCc2ccccc2)=CCC1NCC1CCCCC1. The third-order valence-corrected chi connectivity index (χ3v) is 21.7. The molecule has 3 saturated carbocycles. The van der Waals surface area contributed by atoms with Crippen LogP contribution in [0.4, 0.5) is 0 Å². The van der Waals surface area contributed by atoms with Gasteiger partial charge in [-0.25, -0.2) is 0 Å². The average Bonchev–Trinajstić information content (AvgIpc) is 1.65. The number of β-amino-alcohol motifs (C(OH)–C–C–N with tert-alkyl or cyclic N) is 1. The number of phenolic OH excluding ortho intramolecular Hbond substituents is 1. The number of aliphatic hydroxyl groups is 4. The van der Waals surface area contributed by atoms with Gasteiger partial charge in [-0.15, -0.1) is 0 Å². The lowest BCUT2D eigenvalue weighted by molar-refractivity contribution is -0.168. The van der Waals surface area contributed by atoms with Crippen molar-refractivity contribution in [3.8, 4) is 17.6 Å². The highest BCUT2D eigenvalue weighted by molar-refractivity contribution is 5.98. The van der Waals surface area contributed by atoms with Gasteiger partial charge in [0.15, 0.2) is 11.7 Å². The number of carbonyl (C=O) groups excluding carboxylic acids is 2. The van der Waals surface area contributed by atoms with Crippen molar-refractivity contribution in [3.63, 3.8) is 0 Å². The molecular formula is C78H101N7O8. The van der Waals surface area contributed by atoms with Gasteiger partial charge < -0.3 is 58.1 Å². The Balaban J connectivity index is 0.983. The number of allylic oxidation sites excluding steroid dienone is 5. The van der Waals surface area contributed by atoms with E-state index in [0.29, 0.717) is 86.0 Å². The average molecular weight is 1260 g/mol.